The molecule has 0 amide bonds. The molecule has 0 spiro atoms. The quantitative estimate of drug-likeness (QED) is 0.860. The maximum absolute atomic E-state index is 5.43. The predicted molar refractivity (Wildman–Crippen MR) is 69.6 cm³/mol. The lowest BCUT2D eigenvalue weighted by atomic mass is 9.82. The first kappa shape index (κ1) is 13.3. The minimum Gasteiger partial charge on any atom is -0.496 e. The number of hydrogen-bond donors (Lipinski definition) is 1. The highest BCUT2D eigenvalue weighted by Crippen LogP contribution is 2.35. The zero-order valence-electron chi connectivity index (χ0n) is 9.90. The Morgan fingerprint density at radius 2 is 2.06 bits per heavy atom. The van der Waals surface area contributed by atoms with Gasteiger partial charge in [0, 0.05) is 0 Å². The lowest BCUT2D eigenvalue weighted by Gasteiger charge is -2.30. The molecular weight excluding hydrogens is 222 g/mol. The number of rotatable bonds is 2. The van der Waals surface area contributed by atoms with Crippen molar-refractivity contribution in [2.75, 3.05) is 20.2 Å². The minimum atomic E-state index is 0. The summed E-state index contributed by atoms with van der Waals surface area (Å²) in [6.07, 6.45) is 1.21. The van der Waals surface area contributed by atoms with Crippen molar-refractivity contribution in [3.63, 3.8) is 0 Å². The largest absolute Gasteiger partial charge is 0.496 e. The van der Waals surface area contributed by atoms with Crippen molar-refractivity contribution in [2.45, 2.75) is 19.3 Å². The third-order valence-corrected chi connectivity index (χ3v) is 3.32. The van der Waals surface area contributed by atoms with Crippen LogP contribution in [0.4, 0.5) is 0 Å². The summed E-state index contributed by atoms with van der Waals surface area (Å²) in [7, 11) is 1.75. The zero-order chi connectivity index (χ0) is 10.7. The second-order valence-corrected chi connectivity index (χ2v) is 4.32. The number of methoxy groups -OCH3 is 1. The molecule has 0 aliphatic carbocycles. The Balaban J connectivity index is 0.00000128. The van der Waals surface area contributed by atoms with Crippen LogP contribution >= 0.6 is 12.4 Å². The summed E-state index contributed by atoms with van der Waals surface area (Å²) < 4.78 is 5.43. The molecule has 0 saturated carbocycles. The molecule has 1 aliphatic heterocycles. The van der Waals surface area contributed by atoms with Crippen LogP contribution in [0.2, 0.25) is 0 Å². The van der Waals surface area contributed by atoms with Gasteiger partial charge in [-0.05, 0) is 43.0 Å². The third-order valence-electron chi connectivity index (χ3n) is 3.32. The molecule has 1 saturated heterocycles. The fourth-order valence-electron chi connectivity index (χ4n) is 2.45. The van der Waals surface area contributed by atoms with Crippen molar-refractivity contribution < 1.29 is 4.74 Å². The average molecular weight is 242 g/mol. The molecular formula is C13H20ClNO. The molecule has 0 bridgehead atoms. The summed E-state index contributed by atoms with van der Waals surface area (Å²) in [5, 5.41) is 3.43. The molecule has 0 unspecified atom stereocenters. The van der Waals surface area contributed by atoms with Gasteiger partial charge in [0.1, 0.15) is 5.75 Å². The van der Waals surface area contributed by atoms with Gasteiger partial charge in [0.15, 0.2) is 0 Å². The van der Waals surface area contributed by atoms with E-state index in [1.165, 1.54) is 12.0 Å². The Morgan fingerprint density at radius 1 is 1.31 bits per heavy atom. The van der Waals surface area contributed by atoms with Crippen LogP contribution in [0, 0.1) is 5.92 Å². The van der Waals surface area contributed by atoms with Gasteiger partial charge in [-0.3, -0.25) is 0 Å². The average Bonchev–Trinajstić information content (AvgIpc) is 2.30. The zero-order valence-corrected chi connectivity index (χ0v) is 10.7. The van der Waals surface area contributed by atoms with E-state index in [2.05, 4.69) is 30.4 Å². The fourth-order valence-corrected chi connectivity index (χ4v) is 2.45. The van der Waals surface area contributed by atoms with Crippen molar-refractivity contribution >= 4 is 12.4 Å². The summed E-state index contributed by atoms with van der Waals surface area (Å²) in [4.78, 5) is 0. The van der Waals surface area contributed by atoms with Crippen LogP contribution in [0.3, 0.4) is 0 Å². The molecule has 2 nitrogen and oxygen atoms in total. The van der Waals surface area contributed by atoms with Crippen molar-refractivity contribution in [1.82, 2.24) is 5.32 Å². The molecule has 1 fully saturated rings. The van der Waals surface area contributed by atoms with E-state index in [4.69, 9.17) is 4.74 Å². The van der Waals surface area contributed by atoms with E-state index in [0.29, 0.717) is 11.8 Å². The number of halogens is 1. The highest BCUT2D eigenvalue weighted by Gasteiger charge is 2.24. The van der Waals surface area contributed by atoms with Gasteiger partial charge in [-0.1, -0.05) is 25.1 Å². The smallest absolute Gasteiger partial charge is 0.122 e. The molecule has 16 heavy (non-hydrogen) atoms. The van der Waals surface area contributed by atoms with Gasteiger partial charge in [-0.25, -0.2) is 0 Å². The predicted octanol–water partition coefficient (Wildman–Crippen LogP) is 2.83. The van der Waals surface area contributed by atoms with Gasteiger partial charge in [0.25, 0.3) is 0 Å². The lowest BCUT2D eigenvalue weighted by molar-refractivity contribution is 0.334. The summed E-state index contributed by atoms with van der Waals surface area (Å²) in [5.41, 5.74) is 1.37. The maximum atomic E-state index is 5.43. The first-order chi connectivity index (χ1) is 7.33. The molecule has 0 aromatic heterocycles. The number of para-hydroxylation sites is 1. The molecule has 1 aromatic rings. The second-order valence-electron chi connectivity index (χ2n) is 4.32. The molecule has 1 heterocycles. The molecule has 90 valence electrons. The van der Waals surface area contributed by atoms with Crippen LogP contribution in [0.1, 0.15) is 24.8 Å². The van der Waals surface area contributed by atoms with E-state index in [9.17, 15) is 0 Å². The number of nitrogens with one attached hydrogen (secondary N) is 1. The molecule has 0 radical (unpaired) electrons. The van der Waals surface area contributed by atoms with Crippen LogP contribution in [0.5, 0.6) is 5.75 Å². The van der Waals surface area contributed by atoms with Crippen LogP contribution in [0.15, 0.2) is 24.3 Å². The number of hydrogen-bond acceptors (Lipinski definition) is 2. The fraction of sp³-hybridized carbons (Fsp3) is 0.538. The van der Waals surface area contributed by atoms with Crippen molar-refractivity contribution in [3.05, 3.63) is 29.8 Å². The Labute approximate surface area is 104 Å². The summed E-state index contributed by atoms with van der Waals surface area (Å²) in [5.74, 6) is 2.37. The van der Waals surface area contributed by atoms with E-state index in [-0.39, 0.29) is 12.4 Å². The molecule has 2 atom stereocenters. The number of benzene rings is 1. The Bertz CT molecular complexity index is 329. The first-order valence-electron chi connectivity index (χ1n) is 5.66. The van der Waals surface area contributed by atoms with Gasteiger partial charge in [-0.2, -0.15) is 0 Å². The number of piperidine rings is 1. The first-order valence-corrected chi connectivity index (χ1v) is 5.66. The summed E-state index contributed by atoms with van der Waals surface area (Å²) in [6.45, 7) is 4.54. The van der Waals surface area contributed by atoms with Crippen LogP contribution < -0.4 is 10.1 Å². The Kier molecular flexibility index (Phi) is 5.10. The monoisotopic (exact) mass is 241 g/mol. The Hall–Kier alpha value is -0.730. The lowest BCUT2D eigenvalue weighted by Crippen LogP contribution is -2.33. The van der Waals surface area contributed by atoms with Crippen molar-refractivity contribution in [2.24, 2.45) is 5.92 Å². The van der Waals surface area contributed by atoms with Gasteiger partial charge in [0.2, 0.25) is 0 Å². The van der Waals surface area contributed by atoms with Gasteiger partial charge >= 0.3 is 0 Å². The normalized spacial score (nSPS) is 24.6. The molecule has 3 heteroatoms. The van der Waals surface area contributed by atoms with Gasteiger partial charge in [0.05, 0.1) is 7.11 Å². The third kappa shape index (κ3) is 2.69. The van der Waals surface area contributed by atoms with E-state index in [1.54, 1.807) is 7.11 Å². The maximum Gasteiger partial charge on any atom is 0.122 e. The Morgan fingerprint density at radius 3 is 2.75 bits per heavy atom. The highest BCUT2D eigenvalue weighted by atomic mass is 35.5. The second kappa shape index (κ2) is 6.12. The van der Waals surface area contributed by atoms with E-state index in [1.807, 2.05) is 6.07 Å². The standard InChI is InChI=1S/C13H19NO.ClH/c1-10-9-14-8-7-11(10)12-5-3-4-6-13(12)15-2;/h3-6,10-11,14H,7-9H2,1-2H3;1H/t10-,11+;/m0./s1. The highest BCUT2D eigenvalue weighted by molar-refractivity contribution is 5.85. The van der Waals surface area contributed by atoms with E-state index >= 15 is 0 Å². The minimum absolute atomic E-state index is 0. The topological polar surface area (TPSA) is 21.3 Å². The SMILES string of the molecule is COc1ccccc1[C@@H]1CCNC[C@@H]1C.Cl. The van der Waals surface area contributed by atoms with E-state index in [0.717, 1.165) is 18.8 Å². The summed E-state index contributed by atoms with van der Waals surface area (Å²) in [6, 6.07) is 8.40. The van der Waals surface area contributed by atoms with E-state index < -0.39 is 0 Å². The molecule has 1 aliphatic rings. The molecule has 1 N–H and O–H groups in total. The van der Waals surface area contributed by atoms with Crippen molar-refractivity contribution in [3.8, 4) is 5.75 Å². The molecule has 1 aromatic carbocycles. The molecule has 2 rings (SSSR count). The number of ether oxygens (including phenoxy) is 1. The van der Waals surface area contributed by atoms with Crippen LogP contribution in [0.25, 0.3) is 0 Å². The van der Waals surface area contributed by atoms with Crippen LogP contribution in [-0.2, 0) is 0 Å². The van der Waals surface area contributed by atoms with Gasteiger partial charge < -0.3 is 10.1 Å². The van der Waals surface area contributed by atoms with Gasteiger partial charge in [-0.15, -0.1) is 12.4 Å². The summed E-state index contributed by atoms with van der Waals surface area (Å²) >= 11 is 0. The van der Waals surface area contributed by atoms with Crippen LogP contribution in [-0.4, -0.2) is 20.2 Å². The van der Waals surface area contributed by atoms with Crippen molar-refractivity contribution in [1.29, 1.82) is 0 Å².